The van der Waals surface area contributed by atoms with Gasteiger partial charge in [0.05, 0.1) is 11.6 Å². The van der Waals surface area contributed by atoms with E-state index in [4.69, 9.17) is 20.4 Å². The zero-order valence-corrected chi connectivity index (χ0v) is 6.90. The van der Waals surface area contributed by atoms with Crippen molar-refractivity contribution in [3.63, 3.8) is 0 Å². The van der Waals surface area contributed by atoms with E-state index < -0.39 is 11.1 Å². The molecule has 0 aliphatic rings. The summed E-state index contributed by atoms with van der Waals surface area (Å²) in [5.74, 6) is -0.968. The van der Waals surface area contributed by atoms with Crippen LogP contribution in [-0.2, 0) is 25.9 Å². The summed E-state index contributed by atoms with van der Waals surface area (Å²) in [6.07, 6.45) is 0. The third kappa shape index (κ3) is 168. The Balaban J connectivity index is -0.0000000910. The quantitative estimate of drug-likeness (QED) is 0.458. The van der Waals surface area contributed by atoms with E-state index in [2.05, 4.69) is 5.73 Å². The van der Waals surface area contributed by atoms with Crippen LogP contribution in [0.5, 0.6) is 0 Å². The van der Waals surface area contributed by atoms with Crippen LogP contribution in [-0.4, -0.2) is 22.7 Å². The Morgan fingerprint density at radius 1 is 1.60 bits per heavy atom. The minimum atomic E-state index is -1.75. The molecule has 0 aromatic heterocycles. The first-order valence-electron chi connectivity index (χ1n) is 1.74. The Labute approximate surface area is 70.2 Å². The zero-order chi connectivity index (χ0) is 7.86. The van der Waals surface area contributed by atoms with Gasteiger partial charge in [0.25, 0.3) is 0 Å². The van der Waals surface area contributed by atoms with Crippen molar-refractivity contribution in [2.75, 3.05) is 6.54 Å². The van der Waals surface area contributed by atoms with Gasteiger partial charge < -0.3 is 26.2 Å². The molecule has 10 heavy (non-hydrogen) atoms. The van der Waals surface area contributed by atoms with Gasteiger partial charge in [0.1, 0.15) is 0 Å². The molecule has 0 saturated heterocycles. The number of rotatable bonds is 1. The molecule has 0 aromatic rings. The van der Waals surface area contributed by atoms with Crippen molar-refractivity contribution in [2.24, 2.45) is 5.73 Å². The number of hydrogen-bond acceptors (Lipinski definition) is 5. The van der Waals surface area contributed by atoms with Gasteiger partial charge in [-0.15, -0.1) is 0 Å². The average molecular weight is 332 g/mol. The van der Waals surface area contributed by atoms with Crippen molar-refractivity contribution < 1.29 is 36.1 Å². The van der Waals surface area contributed by atoms with Gasteiger partial charge in [0.15, 0.2) is 0 Å². The van der Waals surface area contributed by atoms with Crippen molar-refractivity contribution in [2.45, 2.75) is 0 Å². The Morgan fingerprint density at radius 3 is 1.70 bits per heavy atom. The van der Waals surface area contributed by atoms with E-state index in [9.17, 15) is 4.79 Å². The van der Waals surface area contributed by atoms with Crippen LogP contribution in [0.4, 0.5) is 0 Å². The van der Waals surface area contributed by atoms with Crippen LogP contribution >= 0.6 is 0 Å². The number of nitrogens with zero attached hydrogens (tertiary/aromatic N) is 1. The summed E-state index contributed by atoms with van der Waals surface area (Å²) >= 11 is 0. The van der Waals surface area contributed by atoms with Gasteiger partial charge in [0, 0.05) is 21.1 Å². The first-order valence-corrected chi connectivity index (χ1v) is 1.74. The standard InChI is InChI=1S/C2H5NO2.NO3.Pt/c3-1-2(4)5;2-1(3)4;/h1,3H2,(H,4,5);;/q;-1;. The number of carbonyl (C=O) groups is 1. The van der Waals surface area contributed by atoms with Crippen LogP contribution in [0.1, 0.15) is 0 Å². The molecule has 3 N–H and O–H groups in total. The molecule has 0 spiro atoms. The zero-order valence-electron chi connectivity index (χ0n) is 4.63. The molecular weight excluding hydrogens is 327 g/mol. The number of hydrogen-bond donors (Lipinski definition) is 2. The molecule has 0 heterocycles. The second-order valence-electron chi connectivity index (χ2n) is 0.821. The van der Waals surface area contributed by atoms with E-state index >= 15 is 0 Å². The Morgan fingerprint density at radius 2 is 1.70 bits per heavy atom. The van der Waals surface area contributed by atoms with Crippen molar-refractivity contribution in [1.82, 2.24) is 0 Å². The summed E-state index contributed by atoms with van der Waals surface area (Å²) in [5.41, 5.74) is 4.57. The molecule has 0 atom stereocenters. The molecule has 8 heteroatoms. The summed E-state index contributed by atoms with van der Waals surface area (Å²) in [6, 6.07) is 0. The van der Waals surface area contributed by atoms with E-state index in [0.29, 0.717) is 0 Å². The molecule has 0 radical (unpaired) electrons. The van der Waals surface area contributed by atoms with E-state index in [1.165, 1.54) is 0 Å². The molecule has 0 fully saturated rings. The fraction of sp³-hybridized carbons (Fsp3) is 0.500. The van der Waals surface area contributed by atoms with Crippen molar-refractivity contribution in [1.29, 1.82) is 0 Å². The number of aliphatic carboxylic acids is 1. The third-order valence-corrected chi connectivity index (χ3v) is 0.175. The minimum Gasteiger partial charge on any atom is -0.480 e. The van der Waals surface area contributed by atoms with Crippen LogP contribution in [0.3, 0.4) is 0 Å². The summed E-state index contributed by atoms with van der Waals surface area (Å²) < 4.78 is 0. The summed E-state index contributed by atoms with van der Waals surface area (Å²) in [4.78, 5) is 17.5. The van der Waals surface area contributed by atoms with Gasteiger partial charge in [0.2, 0.25) is 0 Å². The van der Waals surface area contributed by atoms with Crippen molar-refractivity contribution >= 4 is 5.97 Å². The fourth-order valence-electron chi connectivity index (χ4n) is 0. The Bertz CT molecular complexity index is 102. The van der Waals surface area contributed by atoms with Crippen LogP contribution < -0.4 is 5.73 Å². The van der Waals surface area contributed by atoms with Gasteiger partial charge in [-0.25, -0.2) is 0 Å². The smallest absolute Gasteiger partial charge is 0.317 e. The van der Waals surface area contributed by atoms with Crippen LogP contribution in [0.2, 0.25) is 0 Å². The maximum absolute atomic E-state index is 9.24. The van der Waals surface area contributed by atoms with E-state index in [-0.39, 0.29) is 27.6 Å². The molecule has 0 unspecified atom stereocenters. The Hall–Kier alpha value is -0.682. The van der Waals surface area contributed by atoms with Gasteiger partial charge >= 0.3 is 5.97 Å². The monoisotopic (exact) mass is 332 g/mol. The summed E-state index contributed by atoms with van der Waals surface area (Å²) in [5, 5.41) is 22.3. The van der Waals surface area contributed by atoms with E-state index in [1.807, 2.05) is 0 Å². The summed E-state index contributed by atoms with van der Waals surface area (Å²) in [7, 11) is 0. The first-order chi connectivity index (χ1) is 4.00. The molecule has 0 aromatic carbocycles. The van der Waals surface area contributed by atoms with Crippen LogP contribution in [0.25, 0.3) is 0 Å². The minimum absolute atomic E-state index is 0. The molecule has 0 amide bonds. The topological polar surface area (TPSA) is 130 Å². The maximum atomic E-state index is 9.24. The molecule has 0 aliphatic heterocycles. The predicted octanol–water partition coefficient (Wildman–Crippen LogP) is -1.21. The molecule has 0 bridgehead atoms. The van der Waals surface area contributed by atoms with Gasteiger partial charge in [-0.1, -0.05) is 0 Å². The Kier molecular flexibility index (Phi) is 18.0. The molecule has 7 nitrogen and oxygen atoms in total. The molecular formula is C2H5N2O5Pt-. The van der Waals surface area contributed by atoms with Gasteiger partial charge in [-0.2, -0.15) is 0 Å². The maximum Gasteiger partial charge on any atom is 0.317 e. The van der Waals surface area contributed by atoms with Gasteiger partial charge in [-0.05, 0) is 0 Å². The number of carboxylic acids is 1. The van der Waals surface area contributed by atoms with Gasteiger partial charge in [-0.3, -0.25) is 4.79 Å². The number of carboxylic acid groups (broad SMARTS) is 1. The van der Waals surface area contributed by atoms with Crippen molar-refractivity contribution in [3.05, 3.63) is 15.3 Å². The second-order valence-corrected chi connectivity index (χ2v) is 0.821. The molecule has 0 saturated carbocycles. The van der Waals surface area contributed by atoms with Crippen LogP contribution in [0.15, 0.2) is 0 Å². The van der Waals surface area contributed by atoms with E-state index in [0.717, 1.165) is 0 Å². The third-order valence-electron chi connectivity index (χ3n) is 0.175. The molecule has 64 valence electrons. The summed E-state index contributed by atoms with van der Waals surface area (Å²) in [6.45, 7) is -0.278. The number of nitrogens with two attached hydrogens (primary N) is 1. The second kappa shape index (κ2) is 11.2. The molecule has 0 rings (SSSR count). The van der Waals surface area contributed by atoms with Crippen molar-refractivity contribution in [3.8, 4) is 0 Å². The fourth-order valence-corrected chi connectivity index (χ4v) is 0. The van der Waals surface area contributed by atoms with Crippen LogP contribution in [0, 0.1) is 15.3 Å². The normalized spacial score (nSPS) is 6.10. The molecule has 0 aliphatic carbocycles. The average Bonchev–Trinajstić information content (AvgIpc) is 1.65. The SMILES string of the molecule is NCC(=O)O.O=[N+]([O-])[O-].[Pt]. The van der Waals surface area contributed by atoms with E-state index in [1.54, 1.807) is 0 Å². The first kappa shape index (κ1) is 16.2. The largest absolute Gasteiger partial charge is 0.480 e. The predicted molar refractivity (Wildman–Crippen MR) is 27.1 cm³/mol.